The highest BCUT2D eigenvalue weighted by molar-refractivity contribution is 7.92. The Morgan fingerprint density at radius 3 is 2.32 bits per heavy atom. The van der Waals surface area contributed by atoms with Crippen molar-refractivity contribution in [2.75, 3.05) is 10.5 Å². The van der Waals surface area contributed by atoms with Gasteiger partial charge in [-0.25, -0.2) is 17.2 Å². The van der Waals surface area contributed by atoms with E-state index in [1.165, 1.54) is 42.0 Å². The molecule has 1 N–H and O–H groups in total. The van der Waals surface area contributed by atoms with Gasteiger partial charge < -0.3 is 14.0 Å². The molecule has 4 rings (SSSR count). The molecule has 0 aliphatic heterocycles. The molecular formula is C27H24F2N2O5S. The first-order chi connectivity index (χ1) is 17.6. The number of hydrogen-bond donors (Lipinski definition) is 1. The first kappa shape index (κ1) is 25.9. The lowest BCUT2D eigenvalue weighted by molar-refractivity contribution is 0.306. The molecule has 0 aliphatic carbocycles. The smallest absolute Gasteiger partial charge is 0.254 e. The van der Waals surface area contributed by atoms with Crippen LogP contribution in [0.5, 0.6) is 17.2 Å². The van der Waals surface area contributed by atoms with Crippen molar-refractivity contribution in [2.45, 2.75) is 13.5 Å². The van der Waals surface area contributed by atoms with Gasteiger partial charge in [-0.1, -0.05) is 30.3 Å². The average molecular weight is 527 g/mol. The molecule has 0 amide bonds. The molecule has 1 heterocycles. The zero-order valence-corrected chi connectivity index (χ0v) is 20.9. The van der Waals surface area contributed by atoms with Crippen LogP contribution in [0.15, 0.2) is 83.8 Å². The number of ether oxygens (including phenoxy) is 2. The maximum absolute atomic E-state index is 14.4. The molecule has 7 nitrogen and oxygen atoms in total. The number of nitrogens with one attached hydrogen (secondary N) is 1. The number of halogens is 2. The van der Waals surface area contributed by atoms with E-state index in [4.69, 9.17) is 9.47 Å². The van der Waals surface area contributed by atoms with Crippen LogP contribution in [0.4, 0.5) is 14.5 Å². The van der Waals surface area contributed by atoms with E-state index in [0.717, 1.165) is 17.7 Å². The van der Waals surface area contributed by atoms with Crippen molar-refractivity contribution in [2.24, 2.45) is 7.05 Å². The molecule has 0 fully saturated rings. The summed E-state index contributed by atoms with van der Waals surface area (Å²) in [4.78, 5) is 12.5. The van der Waals surface area contributed by atoms with Crippen LogP contribution >= 0.6 is 0 Å². The number of aromatic nitrogens is 1. The SMILES string of the molecule is CCS(=O)(=O)Nc1ccc(Oc2ccc(F)cc2F)c(-c2cn(C)c(=O)cc2OCc2ccccc2)c1. The third-order valence-electron chi connectivity index (χ3n) is 5.46. The summed E-state index contributed by atoms with van der Waals surface area (Å²) in [5.41, 5.74) is 1.48. The quantitative estimate of drug-likeness (QED) is 0.313. The number of pyridine rings is 1. The van der Waals surface area contributed by atoms with Gasteiger partial charge in [-0.15, -0.1) is 0 Å². The second kappa shape index (κ2) is 10.8. The highest BCUT2D eigenvalue weighted by Crippen LogP contribution is 2.40. The Bertz CT molecular complexity index is 1590. The average Bonchev–Trinajstić information content (AvgIpc) is 2.87. The number of nitrogens with zero attached hydrogens (tertiary/aromatic N) is 1. The Balaban J connectivity index is 1.84. The predicted molar refractivity (Wildman–Crippen MR) is 137 cm³/mol. The van der Waals surface area contributed by atoms with E-state index in [-0.39, 0.29) is 40.9 Å². The van der Waals surface area contributed by atoms with Crippen molar-refractivity contribution in [1.29, 1.82) is 0 Å². The van der Waals surface area contributed by atoms with Crippen molar-refractivity contribution in [3.63, 3.8) is 0 Å². The fraction of sp³-hybridized carbons (Fsp3) is 0.148. The summed E-state index contributed by atoms with van der Waals surface area (Å²) in [5.74, 6) is -1.71. The summed E-state index contributed by atoms with van der Waals surface area (Å²) < 4.78 is 67.8. The summed E-state index contributed by atoms with van der Waals surface area (Å²) in [6.07, 6.45) is 1.52. The first-order valence-electron chi connectivity index (χ1n) is 11.3. The molecule has 0 radical (unpaired) electrons. The topological polar surface area (TPSA) is 86.6 Å². The van der Waals surface area contributed by atoms with Gasteiger partial charge in [0.05, 0.1) is 5.75 Å². The van der Waals surface area contributed by atoms with Gasteiger partial charge in [-0.05, 0) is 42.8 Å². The van der Waals surface area contributed by atoms with Crippen molar-refractivity contribution in [1.82, 2.24) is 4.57 Å². The normalized spacial score (nSPS) is 11.2. The van der Waals surface area contributed by atoms with Gasteiger partial charge >= 0.3 is 0 Å². The Labute approximate surface area is 213 Å². The molecule has 0 unspecified atom stereocenters. The number of aryl methyl sites for hydroxylation is 1. The van der Waals surface area contributed by atoms with Gasteiger partial charge in [0.15, 0.2) is 11.6 Å². The van der Waals surface area contributed by atoms with Gasteiger partial charge in [0.1, 0.15) is 23.9 Å². The van der Waals surface area contributed by atoms with Crippen LogP contribution in [0.1, 0.15) is 12.5 Å². The molecule has 37 heavy (non-hydrogen) atoms. The Morgan fingerprint density at radius 2 is 1.62 bits per heavy atom. The molecule has 3 aromatic carbocycles. The van der Waals surface area contributed by atoms with Crippen molar-refractivity contribution >= 4 is 15.7 Å². The molecular weight excluding hydrogens is 502 g/mol. The standard InChI is InChI=1S/C27H24F2N2O5S/c1-3-37(33,34)30-20-10-12-24(36-25-11-9-19(28)13-23(25)29)21(14-20)22-16-31(2)27(32)15-26(22)35-17-18-7-5-4-6-8-18/h4-16,30H,3,17H2,1-2H3. The number of sulfonamides is 1. The molecule has 0 bridgehead atoms. The van der Waals surface area contributed by atoms with E-state index < -0.39 is 21.7 Å². The zero-order valence-electron chi connectivity index (χ0n) is 20.1. The first-order valence-corrected chi connectivity index (χ1v) is 13.0. The number of anilines is 1. The molecule has 0 aliphatic rings. The lowest BCUT2D eigenvalue weighted by Crippen LogP contribution is -2.16. The number of benzene rings is 3. The molecule has 4 aromatic rings. The van der Waals surface area contributed by atoms with E-state index in [1.54, 1.807) is 7.05 Å². The second-order valence-electron chi connectivity index (χ2n) is 8.17. The van der Waals surface area contributed by atoms with E-state index in [9.17, 15) is 22.0 Å². The van der Waals surface area contributed by atoms with Crippen molar-refractivity contribution in [3.05, 3.63) is 107 Å². The van der Waals surface area contributed by atoms with E-state index in [2.05, 4.69) is 4.72 Å². The van der Waals surface area contributed by atoms with Crippen LogP contribution in [-0.2, 0) is 23.7 Å². The van der Waals surface area contributed by atoms with Crippen LogP contribution in [0.3, 0.4) is 0 Å². The second-order valence-corrected chi connectivity index (χ2v) is 10.2. The molecule has 192 valence electrons. The van der Waals surface area contributed by atoms with E-state index in [1.807, 2.05) is 30.3 Å². The van der Waals surface area contributed by atoms with Crippen LogP contribution in [-0.4, -0.2) is 18.7 Å². The molecule has 0 saturated heterocycles. The molecule has 0 saturated carbocycles. The minimum absolute atomic E-state index is 0.133. The lowest BCUT2D eigenvalue weighted by Gasteiger charge is -2.18. The van der Waals surface area contributed by atoms with Crippen molar-refractivity contribution < 1.29 is 26.7 Å². The van der Waals surface area contributed by atoms with Crippen LogP contribution in [0.2, 0.25) is 0 Å². The third-order valence-corrected chi connectivity index (χ3v) is 6.77. The third kappa shape index (κ3) is 6.34. The summed E-state index contributed by atoms with van der Waals surface area (Å²) in [6, 6.07) is 17.9. The van der Waals surface area contributed by atoms with Gasteiger partial charge in [0, 0.05) is 42.2 Å². The maximum Gasteiger partial charge on any atom is 0.254 e. The van der Waals surface area contributed by atoms with Crippen LogP contribution in [0.25, 0.3) is 11.1 Å². The predicted octanol–water partition coefficient (Wildman–Crippen LogP) is 5.46. The summed E-state index contributed by atoms with van der Waals surface area (Å²) in [7, 11) is -2.05. The van der Waals surface area contributed by atoms with Gasteiger partial charge in [-0.2, -0.15) is 0 Å². The highest BCUT2D eigenvalue weighted by Gasteiger charge is 2.19. The molecule has 1 aromatic heterocycles. The minimum atomic E-state index is -3.60. The fourth-order valence-electron chi connectivity index (χ4n) is 3.49. The maximum atomic E-state index is 14.4. The Morgan fingerprint density at radius 1 is 0.892 bits per heavy atom. The monoisotopic (exact) mass is 526 g/mol. The van der Waals surface area contributed by atoms with Crippen molar-refractivity contribution in [3.8, 4) is 28.4 Å². The number of rotatable bonds is 9. The Hall–Kier alpha value is -4.18. The van der Waals surface area contributed by atoms with Gasteiger partial charge in [0.25, 0.3) is 5.56 Å². The van der Waals surface area contributed by atoms with Crippen LogP contribution in [0, 0.1) is 11.6 Å². The molecule has 0 atom stereocenters. The minimum Gasteiger partial charge on any atom is -0.488 e. The largest absolute Gasteiger partial charge is 0.488 e. The van der Waals surface area contributed by atoms with E-state index >= 15 is 0 Å². The Kier molecular flexibility index (Phi) is 7.58. The fourth-order valence-corrected chi connectivity index (χ4v) is 4.12. The van der Waals surface area contributed by atoms with E-state index in [0.29, 0.717) is 17.2 Å². The lowest BCUT2D eigenvalue weighted by atomic mass is 10.0. The number of hydrogen-bond acceptors (Lipinski definition) is 5. The van der Waals surface area contributed by atoms with Gasteiger partial charge in [-0.3, -0.25) is 9.52 Å². The summed E-state index contributed by atoms with van der Waals surface area (Å²) >= 11 is 0. The zero-order chi connectivity index (χ0) is 26.6. The highest BCUT2D eigenvalue weighted by atomic mass is 32.2. The molecule has 10 heteroatoms. The molecule has 0 spiro atoms. The summed E-state index contributed by atoms with van der Waals surface area (Å²) in [6.45, 7) is 1.66. The van der Waals surface area contributed by atoms with Crippen LogP contribution < -0.4 is 19.8 Å². The van der Waals surface area contributed by atoms with Gasteiger partial charge in [0.2, 0.25) is 10.0 Å². The summed E-state index contributed by atoms with van der Waals surface area (Å²) in [5, 5.41) is 0.